The van der Waals surface area contributed by atoms with Crippen LogP contribution in [0.2, 0.25) is 0 Å². The van der Waals surface area contributed by atoms with Crippen LogP contribution in [0.15, 0.2) is 77.3 Å². The van der Waals surface area contributed by atoms with Gasteiger partial charge in [-0.1, -0.05) is 59.6 Å². The smallest absolute Gasteiger partial charge is 0.259 e. The second-order valence-corrected chi connectivity index (χ2v) is 7.82. The first kappa shape index (κ1) is 21.9. The Balaban J connectivity index is 1.57. The van der Waals surface area contributed by atoms with Gasteiger partial charge < -0.3 is 14.8 Å². The highest BCUT2D eigenvalue weighted by molar-refractivity contribution is 9.10. The van der Waals surface area contributed by atoms with Crippen LogP contribution in [-0.4, -0.2) is 19.1 Å². The molecule has 0 saturated carbocycles. The summed E-state index contributed by atoms with van der Waals surface area (Å²) in [7, 11) is 0. The summed E-state index contributed by atoms with van der Waals surface area (Å²) in [5, 5.41) is 2.93. The van der Waals surface area contributed by atoms with Crippen LogP contribution in [0.4, 0.5) is 5.69 Å². The zero-order valence-corrected chi connectivity index (χ0v) is 18.7. The van der Waals surface area contributed by atoms with Crippen LogP contribution < -0.4 is 14.8 Å². The van der Waals surface area contributed by atoms with Gasteiger partial charge in [-0.15, -0.1) is 0 Å². The fourth-order valence-electron chi connectivity index (χ4n) is 2.90. The number of hydrogen-bond acceptors (Lipinski definition) is 3. The molecule has 0 aliphatic rings. The Hall–Kier alpha value is -2.79. The Morgan fingerprint density at radius 2 is 1.70 bits per heavy atom. The second-order valence-electron chi connectivity index (χ2n) is 6.91. The minimum atomic E-state index is -0.208. The monoisotopic (exact) mass is 467 g/mol. The fourth-order valence-corrected chi connectivity index (χ4v) is 3.26. The molecular weight excluding hydrogens is 442 g/mol. The fraction of sp³-hybridized carbons (Fsp3) is 0.240. The molecule has 3 aromatic carbocycles. The van der Waals surface area contributed by atoms with Crippen molar-refractivity contribution in [2.24, 2.45) is 0 Å². The van der Waals surface area contributed by atoms with Gasteiger partial charge in [-0.3, -0.25) is 4.79 Å². The number of hydrogen-bond donors (Lipinski definition) is 1. The van der Waals surface area contributed by atoms with Crippen LogP contribution in [0, 0.1) is 0 Å². The maximum absolute atomic E-state index is 12.8. The highest BCUT2D eigenvalue weighted by Crippen LogP contribution is 2.25. The summed E-state index contributed by atoms with van der Waals surface area (Å²) in [5.74, 6) is 1.15. The van der Waals surface area contributed by atoms with Gasteiger partial charge in [0, 0.05) is 16.6 Å². The topological polar surface area (TPSA) is 47.6 Å². The summed E-state index contributed by atoms with van der Waals surface area (Å²) >= 11 is 3.43. The number of benzene rings is 3. The van der Waals surface area contributed by atoms with Crippen LogP contribution in [-0.2, 0) is 6.42 Å². The highest BCUT2D eigenvalue weighted by atomic mass is 79.9. The summed E-state index contributed by atoms with van der Waals surface area (Å²) < 4.78 is 12.4. The molecule has 0 bridgehead atoms. The van der Waals surface area contributed by atoms with Gasteiger partial charge in [0.05, 0.1) is 18.8 Å². The molecule has 0 atom stereocenters. The molecule has 0 heterocycles. The maximum Gasteiger partial charge on any atom is 0.259 e. The quantitative estimate of drug-likeness (QED) is 0.346. The Kier molecular flexibility index (Phi) is 8.33. The zero-order valence-electron chi connectivity index (χ0n) is 17.1. The SMILES string of the molecule is CCCCOc1ccc(Br)cc1C(=O)Nc1ccc(OCCc2ccccc2)cc1. The summed E-state index contributed by atoms with van der Waals surface area (Å²) in [6.07, 6.45) is 2.84. The van der Waals surface area contributed by atoms with Gasteiger partial charge in [-0.05, 0) is 54.4 Å². The van der Waals surface area contributed by atoms with Gasteiger partial charge in [-0.25, -0.2) is 0 Å². The molecule has 0 aliphatic heterocycles. The number of carbonyl (C=O) groups excluding carboxylic acids is 1. The molecule has 0 aliphatic carbocycles. The normalized spacial score (nSPS) is 10.5. The van der Waals surface area contributed by atoms with E-state index in [2.05, 4.69) is 40.3 Å². The van der Waals surface area contributed by atoms with Crippen LogP contribution >= 0.6 is 15.9 Å². The third-order valence-corrected chi connectivity index (χ3v) is 5.05. The van der Waals surface area contributed by atoms with Gasteiger partial charge in [0.1, 0.15) is 11.5 Å². The lowest BCUT2D eigenvalue weighted by atomic mass is 10.1. The average molecular weight is 468 g/mol. The summed E-state index contributed by atoms with van der Waals surface area (Å²) in [5.41, 5.74) is 2.45. The van der Waals surface area contributed by atoms with E-state index in [0.29, 0.717) is 30.2 Å². The van der Waals surface area contributed by atoms with Crippen molar-refractivity contribution in [2.45, 2.75) is 26.2 Å². The largest absolute Gasteiger partial charge is 0.493 e. The molecule has 30 heavy (non-hydrogen) atoms. The molecule has 0 unspecified atom stereocenters. The molecule has 4 nitrogen and oxygen atoms in total. The third kappa shape index (κ3) is 6.63. The zero-order chi connectivity index (χ0) is 21.2. The van der Waals surface area contributed by atoms with Gasteiger partial charge in [0.25, 0.3) is 5.91 Å². The maximum atomic E-state index is 12.8. The summed E-state index contributed by atoms with van der Waals surface area (Å²) in [6, 6.07) is 23.1. The van der Waals surface area contributed by atoms with E-state index in [1.54, 1.807) is 6.07 Å². The van der Waals surface area contributed by atoms with Crippen molar-refractivity contribution >= 4 is 27.5 Å². The van der Waals surface area contributed by atoms with Crippen LogP contribution in [0.25, 0.3) is 0 Å². The van der Waals surface area contributed by atoms with Crippen molar-refractivity contribution in [3.8, 4) is 11.5 Å². The first-order valence-corrected chi connectivity index (χ1v) is 11.0. The van der Waals surface area contributed by atoms with Gasteiger partial charge >= 0.3 is 0 Å². The van der Waals surface area contributed by atoms with E-state index in [9.17, 15) is 4.79 Å². The standard InChI is InChI=1S/C25H26BrNO3/c1-2-3-16-30-24-14-9-20(26)18-23(24)25(28)27-21-10-12-22(13-11-21)29-17-15-19-7-5-4-6-8-19/h4-14,18H,2-3,15-17H2,1H3,(H,27,28). The van der Waals surface area contributed by atoms with E-state index in [1.807, 2.05) is 54.6 Å². The predicted octanol–water partition coefficient (Wildman–Crippen LogP) is 6.50. The molecule has 3 rings (SSSR count). The summed E-state index contributed by atoms with van der Waals surface area (Å²) in [4.78, 5) is 12.8. The molecule has 0 aromatic heterocycles. The van der Waals surface area contributed by atoms with E-state index < -0.39 is 0 Å². The molecular formula is C25H26BrNO3. The first-order valence-electron chi connectivity index (χ1n) is 10.2. The van der Waals surface area contributed by atoms with E-state index in [1.165, 1.54) is 5.56 Å². The van der Waals surface area contributed by atoms with Crippen molar-refractivity contribution in [3.63, 3.8) is 0 Å². The van der Waals surface area contributed by atoms with E-state index in [0.717, 1.165) is 29.5 Å². The van der Waals surface area contributed by atoms with E-state index in [-0.39, 0.29) is 5.91 Å². The molecule has 0 fully saturated rings. The van der Waals surface area contributed by atoms with Crippen LogP contribution in [0.5, 0.6) is 11.5 Å². The van der Waals surface area contributed by atoms with E-state index in [4.69, 9.17) is 9.47 Å². The first-order chi connectivity index (χ1) is 14.7. The van der Waals surface area contributed by atoms with Crippen molar-refractivity contribution in [3.05, 3.63) is 88.4 Å². The van der Waals surface area contributed by atoms with Crippen LogP contribution in [0.3, 0.4) is 0 Å². The lowest BCUT2D eigenvalue weighted by Crippen LogP contribution is -2.14. The van der Waals surface area contributed by atoms with Crippen molar-refractivity contribution < 1.29 is 14.3 Å². The number of carbonyl (C=O) groups is 1. The average Bonchev–Trinajstić information content (AvgIpc) is 2.77. The number of rotatable bonds is 10. The third-order valence-electron chi connectivity index (χ3n) is 4.56. The number of ether oxygens (including phenoxy) is 2. The number of unbranched alkanes of at least 4 members (excludes halogenated alkanes) is 1. The number of nitrogens with one attached hydrogen (secondary N) is 1. The Morgan fingerprint density at radius 1 is 0.933 bits per heavy atom. The van der Waals surface area contributed by atoms with Gasteiger partial charge in [0.15, 0.2) is 0 Å². The molecule has 156 valence electrons. The van der Waals surface area contributed by atoms with Crippen molar-refractivity contribution in [2.75, 3.05) is 18.5 Å². The van der Waals surface area contributed by atoms with Gasteiger partial charge in [-0.2, -0.15) is 0 Å². The number of halogens is 1. The number of anilines is 1. The second kappa shape index (κ2) is 11.4. The molecule has 5 heteroatoms. The molecule has 1 N–H and O–H groups in total. The van der Waals surface area contributed by atoms with Crippen molar-refractivity contribution in [1.29, 1.82) is 0 Å². The molecule has 0 spiro atoms. The molecule has 3 aromatic rings. The Morgan fingerprint density at radius 3 is 2.43 bits per heavy atom. The molecule has 1 amide bonds. The lowest BCUT2D eigenvalue weighted by Gasteiger charge is -2.13. The highest BCUT2D eigenvalue weighted by Gasteiger charge is 2.14. The number of amides is 1. The predicted molar refractivity (Wildman–Crippen MR) is 125 cm³/mol. The minimum absolute atomic E-state index is 0.208. The molecule has 0 radical (unpaired) electrons. The van der Waals surface area contributed by atoms with Gasteiger partial charge in [0.2, 0.25) is 0 Å². The summed E-state index contributed by atoms with van der Waals surface area (Å²) in [6.45, 7) is 3.30. The minimum Gasteiger partial charge on any atom is -0.493 e. The van der Waals surface area contributed by atoms with Crippen molar-refractivity contribution in [1.82, 2.24) is 0 Å². The van der Waals surface area contributed by atoms with Crippen LogP contribution in [0.1, 0.15) is 35.7 Å². The Bertz CT molecular complexity index is 942. The van der Waals surface area contributed by atoms with E-state index >= 15 is 0 Å². The Labute approximate surface area is 186 Å². The lowest BCUT2D eigenvalue weighted by molar-refractivity contribution is 0.102. The molecule has 0 saturated heterocycles.